The fourth-order valence-electron chi connectivity index (χ4n) is 2.46. The number of aromatic hydroxyl groups is 3. The van der Waals surface area contributed by atoms with Crippen LogP contribution in [0.5, 0.6) is 23.0 Å². The first-order chi connectivity index (χ1) is 12.3. The average Bonchev–Trinajstić information content (AvgIpc) is 2.59. The molecule has 0 heterocycles. The lowest BCUT2D eigenvalue weighted by Gasteiger charge is -2.13. The van der Waals surface area contributed by atoms with Gasteiger partial charge in [0, 0.05) is 17.2 Å². The van der Waals surface area contributed by atoms with Crippen molar-refractivity contribution in [3.8, 4) is 23.0 Å². The Kier molecular flexibility index (Phi) is 6.07. The molecule has 26 heavy (non-hydrogen) atoms. The van der Waals surface area contributed by atoms with E-state index in [1.54, 1.807) is 18.2 Å². The fraction of sp³-hybridized carbons (Fsp3) is 0.190. The minimum Gasteiger partial charge on any atom is -0.507 e. The molecule has 0 saturated heterocycles. The maximum Gasteiger partial charge on any atom is 0.193 e. The Balaban J connectivity index is 2.46. The summed E-state index contributed by atoms with van der Waals surface area (Å²) in [5, 5.41) is 30.5. The van der Waals surface area contributed by atoms with Gasteiger partial charge in [-0.1, -0.05) is 29.8 Å². The van der Waals surface area contributed by atoms with Crippen molar-refractivity contribution in [2.75, 3.05) is 7.11 Å². The third-order valence-corrected chi connectivity index (χ3v) is 3.88. The molecular formula is C21H22O5. The van der Waals surface area contributed by atoms with Gasteiger partial charge in [0.2, 0.25) is 0 Å². The number of para-hydroxylation sites is 1. The maximum atomic E-state index is 12.6. The number of rotatable bonds is 6. The van der Waals surface area contributed by atoms with Crippen molar-refractivity contribution in [2.24, 2.45) is 0 Å². The van der Waals surface area contributed by atoms with Crippen LogP contribution in [-0.2, 0) is 6.42 Å². The summed E-state index contributed by atoms with van der Waals surface area (Å²) < 4.78 is 5.14. The summed E-state index contributed by atoms with van der Waals surface area (Å²) in [7, 11) is 1.35. The Labute approximate surface area is 152 Å². The number of phenolic OH excluding ortho intramolecular Hbond substituents is 3. The van der Waals surface area contributed by atoms with Crippen LogP contribution < -0.4 is 4.74 Å². The molecule has 0 unspecified atom stereocenters. The first-order valence-electron chi connectivity index (χ1n) is 8.10. The molecule has 2 rings (SSSR count). The topological polar surface area (TPSA) is 87.0 Å². The number of ether oxygens (including phenoxy) is 1. The standard InChI is InChI=1S/C21H22O5/c1-13(2)8-10-15-18(24)12-19(26-3)20(21(15)25)17(23)11-9-14-6-4-5-7-16(14)22/h4-9,11-12,22,24-25H,10H2,1-3H3/b11-9+. The second-order valence-corrected chi connectivity index (χ2v) is 6.04. The largest absolute Gasteiger partial charge is 0.507 e. The van der Waals surface area contributed by atoms with Crippen LogP contribution >= 0.6 is 0 Å². The van der Waals surface area contributed by atoms with Crippen molar-refractivity contribution >= 4 is 11.9 Å². The van der Waals surface area contributed by atoms with E-state index in [-0.39, 0.29) is 40.5 Å². The first kappa shape index (κ1) is 19.1. The highest BCUT2D eigenvalue weighted by molar-refractivity contribution is 6.11. The van der Waals surface area contributed by atoms with Crippen LogP contribution in [0, 0.1) is 0 Å². The van der Waals surface area contributed by atoms with Crippen molar-refractivity contribution in [2.45, 2.75) is 20.3 Å². The molecule has 0 fully saturated rings. The SMILES string of the molecule is COc1cc(O)c(CC=C(C)C)c(O)c1C(=O)/C=C/c1ccccc1O. The van der Waals surface area contributed by atoms with Gasteiger partial charge in [-0.3, -0.25) is 4.79 Å². The summed E-state index contributed by atoms with van der Waals surface area (Å²) in [5.41, 5.74) is 1.72. The molecule has 5 heteroatoms. The van der Waals surface area contributed by atoms with Crippen LogP contribution in [-0.4, -0.2) is 28.2 Å². The molecule has 0 amide bonds. The highest BCUT2D eigenvalue weighted by Gasteiger charge is 2.21. The quantitative estimate of drug-likeness (QED) is 0.411. The second kappa shape index (κ2) is 8.25. The van der Waals surface area contributed by atoms with E-state index in [0.717, 1.165) is 5.57 Å². The molecular weight excluding hydrogens is 332 g/mol. The lowest BCUT2D eigenvalue weighted by Crippen LogP contribution is -2.02. The molecule has 2 aromatic carbocycles. The van der Waals surface area contributed by atoms with Crippen molar-refractivity contribution in [1.82, 2.24) is 0 Å². The normalized spacial score (nSPS) is 10.7. The van der Waals surface area contributed by atoms with Gasteiger partial charge >= 0.3 is 0 Å². The van der Waals surface area contributed by atoms with E-state index >= 15 is 0 Å². The van der Waals surface area contributed by atoms with Gasteiger partial charge in [0.05, 0.1) is 7.11 Å². The van der Waals surface area contributed by atoms with E-state index in [1.807, 2.05) is 19.9 Å². The maximum absolute atomic E-state index is 12.6. The Morgan fingerprint density at radius 2 is 1.81 bits per heavy atom. The number of carbonyl (C=O) groups is 1. The highest BCUT2D eigenvalue weighted by Crippen LogP contribution is 2.39. The molecule has 136 valence electrons. The van der Waals surface area contributed by atoms with Crippen LogP contribution in [0.2, 0.25) is 0 Å². The average molecular weight is 354 g/mol. The Morgan fingerprint density at radius 3 is 2.42 bits per heavy atom. The van der Waals surface area contributed by atoms with Crippen LogP contribution in [0.1, 0.15) is 35.3 Å². The summed E-state index contributed by atoms with van der Waals surface area (Å²) in [6.45, 7) is 3.80. The van der Waals surface area contributed by atoms with Crippen molar-refractivity contribution < 1.29 is 24.9 Å². The molecule has 0 spiro atoms. The van der Waals surface area contributed by atoms with Crippen LogP contribution in [0.3, 0.4) is 0 Å². The van der Waals surface area contributed by atoms with E-state index in [1.165, 1.54) is 31.4 Å². The molecule has 0 aliphatic carbocycles. The van der Waals surface area contributed by atoms with E-state index in [2.05, 4.69) is 0 Å². The number of hydrogen-bond donors (Lipinski definition) is 3. The summed E-state index contributed by atoms with van der Waals surface area (Å²) >= 11 is 0. The van der Waals surface area contributed by atoms with E-state index in [9.17, 15) is 20.1 Å². The van der Waals surface area contributed by atoms with Gasteiger partial charge in [-0.05, 0) is 38.5 Å². The van der Waals surface area contributed by atoms with Crippen molar-refractivity contribution in [1.29, 1.82) is 0 Å². The number of carbonyl (C=O) groups excluding carboxylic acids is 1. The Hall–Kier alpha value is -3.21. The molecule has 0 aliphatic rings. The molecule has 2 aromatic rings. The zero-order chi connectivity index (χ0) is 19.3. The number of benzene rings is 2. The number of phenols is 3. The molecule has 0 aliphatic heterocycles. The van der Waals surface area contributed by atoms with Gasteiger partial charge in [0.1, 0.15) is 28.6 Å². The molecule has 5 nitrogen and oxygen atoms in total. The van der Waals surface area contributed by atoms with Gasteiger partial charge in [0.15, 0.2) is 5.78 Å². The van der Waals surface area contributed by atoms with Gasteiger partial charge in [0.25, 0.3) is 0 Å². The minimum absolute atomic E-state index is 0.0332. The molecule has 0 saturated carbocycles. The molecule has 0 aromatic heterocycles. The number of ketones is 1. The lowest BCUT2D eigenvalue weighted by atomic mass is 9.99. The predicted octanol–water partition coefficient (Wildman–Crippen LogP) is 4.22. The number of hydrogen-bond acceptors (Lipinski definition) is 5. The zero-order valence-electron chi connectivity index (χ0n) is 15.0. The summed E-state index contributed by atoms with van der Waals surface area (Å²) in [6, 6.07) is 7.90. The van der Waals surface area contributed by atoms with E-state index < -0.39 is 5.78 Å². The smallest absolute Gasteiger partial charge is 0.193 e. The van der Waals surface area contributed by atoms with Crippen molar-refractivity contribution in [3.05, 3.63) is 64.7 Å². The van der Waals surface area contributed by atoms with Crippen LogP contribution in [0.15, 0.2) is 48.1 Å². The van der Waals surface area contributed by atoms with Gasteiger partial charge in [-0.25, -0.2) is 0 Å². The molecule has 0 bridgehead atoms. The van der Waals surface area contributed by atoms with Gasteiger partial charge < -0.3 is 20.1 Å². The van der Waals surface area contributed by atoms with E-state index in [0.29, 0.717) is 5.56 Å². The van der Waals surface area contributed by atoms with Gasteiger partial charge in [-0.15, -0.1) is 0 Å². The fourth-order valence-corrected chi connectivity index (χ4v) is 2.46. The molecule has 3 N–H and O–H groups in total. The second-order valence-electron chi connectivity index (χ2n) is 6.04. The van der Waals surface area contributed by atoms with Crippen LogP contribution in [0.25, 0.3) is 6.08 Å². The van der Waals surface area contributed by atoms with Gasteiger partial charge in [-0.2, -0.15) is 0 Å². The Bertz CT molecular complexity index is 874. The third-order valence-electron chi connectivity index (χ3n) is 3.88. The van der Waals surface area contributed by atoms with E-state index in [4.69, 9.17) is 4.74 Å². The van der Waals surface area contributed by atoms with Crippen molar-refractivity contribution in [3.63, 3.8) is 0 Å². The minimum atomic E-state index is -0.499. The zero-order valence-corrected chi connectivity index (χ0v) is 15.0. The highest BCUT2D eigenvalue weighted by atomic mass is 16.5. The summed E-state index contributed by atoms with van der Waals surface area (Å²) in [6.07, 6.45) is 4.83. The number of methoxy groups -OCH3 is 1. The summed E-state index contributed by atoms with van der Waals surface area (Å²) in [4.78, 5) is 12.6. The summed E-state index contributed by atoms with van der Waals surface area (Å²) in [5.74, 6) is -0.832. The first-order valence-corrected chi connectivity index (χ1v) is 8.10. The number of allylic oxidation sites excluding steroid dienone is 3. The lowest BCUT2D eigenvalue weighted by molar-refractivity contribution is 0.104. The molecule has 0 radical (unpaired) electrons. The Morgan fingerprint density at radius 1 is 1.12 bits per heavy atom. The predicted molar refractivity (Wildman–Crippen MR) is 101 cm³/mol. The monoisotopic (exact) mass is 354 g/mol. The van der Waals surface area contributed by atoms with Crippen LogP contribution in [0.4, 0.5) is 0 Å². The third kappa shape index (κ3) is 4.25. The molecule has 0 atom stereocenters.